The van der Waals surface area contributed by atoms with Crippen molar-refractivity contribution in [3.05, 3.63) is 29.0 Å². The lowest BCUT2D eigenvalue weighted by molar-refractivity contribution is -0.149. The normalized spacial score (nSPS) is 26.8. The maximum atomic E-state index is 13.1. The second-order valence-electron chi connectivity index (χ2n) is 5.99. The largest absolute Gasteiger partial charge is 0.481 e. The number of nitrogens with one attached hydrogen (secondary N) is 1. The Balaban J connectivity index is 1.71. The van der Waals surface area contributed by atoms with Crippen molar-refractivity contribution in [2.75, 3.05) is 18.4 Å². The van der Waals surface area contributed by atoms with Crippen molar-refractivity contribution >= 4 is 29.3 Å². The Morgan fingerprint density at radius 1 is 1.45 bits per heavy atom. The number of fused-ring (bicyclic) bond motifs is 1. The first-order chi connectivity index (χ1) is 10.4. The van der Waals surface area contributed by atoms with E-state index in [0.29, 0.717) is 18.7 Å². The molecular formula is C15H16ClFN2O3. The molecule has 0 unspecified atom stereocenters. The first-order valence-corrected chi connectivity index (χ1v) is 7.54. The van der Waals surface area contributed by atoms with Gasteiger partial charge in [-0.2, -0.15) is 0 Å². The maximum Gasteiger partial charge on any atom is 0.321 e. The smallest absolute Gasteiger partial charge is 0.321 e. The number of benzene rings is 1. The minimum Gasteiger partial charge on any atom is -0.481 e. The Bertz CT molecular complexity index is 639. The van der Waals surface area contributed by atoms with Gasteiger partial charge in [0.2, 0.25) is 0 Å². The zero-order valence-corrected chi connectivity index (χ0v) is 12.6. The van der Waals surface area contributed by atoms with Gasteiger partial charge in [-0.15, -0.1) is 0 Å². The van der Waals surface area contributed by atoms with E-state index in [1.54, 1.807) is 0 Å². The fraction of sp³-hybridized carbons (Fsp3) is 0.467. The zero-order valence-electron chi connectivity index (χ0n) is 11.8. The Hall–Kier alpha value is -1.82. The number of urea groups is 1. The van der Waals surface area contributed by atoms with Crippen LogP contribution in [0.15, 0.2) is 18.2 Å². The second-order valence-corrected chi connectivity index (χ2v) is 6.40. The van der Waals surface area contributed by atoms with E-state index in [0.717, 1.165) is 12.8 Å². The number of carbonyl (C=O) groups is 2. The molecule has 118 valence electrons. The molecule has 22 heavy (non-hydrogen) atoms. The van der Waals surface area contributed by atoms with Crippen molar-refractivity contribution in [2.24, 2.45) is 11.3 Å². The van der Waals surface area contributed by atoms with Crippen LogP contribution in [0, 0.1) is 17.2 Å². The van der Waals surface area contributed by atoms with E-state index in [1.165, 1.54) is 23.1 Å². The van der Waals surface area contributed by atoms with Crippen LogP contribution < -0.4 is 5.32 Å². The van der Waals surface area contributed by atoms with E-state index >= 15 is 0 Å². The number of carboxylic acid groups (broad SMARTS) is 1. The third-order valence-electron chi connectivity index (χ3n) is 4.75. The number of hydrogen-bond acceptors (Lipinski definition) is 2. The van der Waals surface area contributed by atoms with Gasteiger partial charge < -0.3 is 15.3 Å². The maximum absolute atomic E-state index is 13.1. The first kappa shape index (κ1) is 15.1. The highest BCUT2D eigenvalue weighted by atomic mass is 35.5. The number of aliphatic carboxylic acids is 1. The van der Waals surface area contributed by atoms with E-state index in [2.05, 4.69) is 5.32 Å². The van der Waals surface area contributed by atoms with E-state index in [4.69, 9.17) is 11.6 Å². The Labute approximate surface area is 132 Å². The van der Waals surface area contributed by atoms with Crippen LogP contribution in [0.1, 0.15) is 19.3 Å². The Kier molecular flexibility index (Phi) is 3.72. The van der Waals surface area contributed by atoms with Gasteiger partial charge in [0.25, 0.3) is 0 Å². The van der Waals surface area contributed by atoms with Crippen molar-refractivity contribution < 1.29 is 19.1 Å². The number of halogens is 2. The topological polar surface area (TPSA) is 69.6 Å². The van der Waals surface area contributed by atoms with Gasteiger partial charge in [-0.05, 0) is 37.0 Å². The fourth-order valence-electron chi connectivity index (χ4n) is 3.57. The van der Waals surface area contributed by atoms with Crippen LogP contribution in [-0.2, 0) is 4.79 Å². The predicted octanol–water partition coefficient (Wildman–Crippen LogP) is 3.20. The summed E-state index contributed by atoms with van der Waals surface area (Å²) in [6.07, 6.45) is 2.33. The number of amides is 2. The predicted molar refractivity (Wildman–Crippen MR) is 79.4 cm³/mol. The van der Waals surface area contributed by atoms with Gasteiger partial charge in [-0.1, -0.05) is 18.0 Å². The third kappa shape index (κ3) is 2.41. The average Bonchev–Trinajstić information content (AvgIpc) is 3.00. The molecule has 1 saturated carbocycles. The minimum absolute atomic E-state index is 0.00700. The molecule has 2 fully saturated rings. The van der Waals surface area contributed by atoms with E-state index in [1.807, 2.05) is 0 Å². The standard InChI is InChI=1S/C15H16ClFN2O3/c16-11-6-10(3-4-12(11)17)18-14(22)19-7-9-2-1-5-15(9,8-19)13(20)21/h3-4,6,9H,1-2,5,7-8H2,(H,18,22)(H,20,21)/t9-,15+/m0/s1. The highest BCUT2D eigenvalue weighted by Gasteiger charge is 2.55. The van der Waals surface area contributed by atoms with Gasteiger partial charge in [-0.3, -0.25) is 4.79 Å². The molecule has 0 radical (unpaired) electrons. The number of carboxylic acids is 1. The number of carbonyl (C=O) groups excluding carboxylic acids is 1. The molecule has 1 aromatic carbocycles. The molecule has 2 N–H and O–H groups in total. The van der Waals surface area contributed by atoms with Crippen LogP contribution in [0.5, 0.6) is 0 Å². The molecule has 1 aliphatic heterocycles. The molecule has 2 amide bonds. The quantitative estimate of drug-likeness (QED) is 0.876. The van der Waals surface area contributed by atoms with Gasteiger partial charge in [-0.25, -0.2) is 9.18 Å². The fourth-order valence-corrected chi connectivity index (χ4v) is 3.75. The molecule has 7 heteroatoms. The Morgan fingerprint density at radius 2 is 2.23 bits per heavy atom. The summed E-state index contributed by atoms with van der Waals surface area (Å²) in [4.78, 5) is 25.4. The lowest BCUT2D eigenvalue weighted by atomic mass is 9.81. The minimum atomic E-state index is -0.824. The zero-order chi connectivity index (χ0) is 15.9. The summed E-state index contributed by atoms with van der Waals surface area (Å²) in [7, 11) is 0. The van der Waals surface area contributed by atoms with Gasteiger partial charge in [0, 0.05) is 18.8 Å². The summed E-state index contributed by atoms with van der Waals surface area (Å²) in [6.45, 7) is 0.654. The molecule has 1 heterocycles. The summed E-state index contributed by atoms with van der Waals surface area (Å²) < 4.78 is 13.1. The number of rotatable bonds is 2. The molecule has 2 aliphatic rings. The number of nitrogens with zero attached hydrogens (tertiary/aromatic N) is 1. The highest BCUT2D eigenvalue weighted by molar-refractivity contribution is 6.31. The lowest BCUT2D eigenvalue weighted by Gasteiger charge is -2.23. The van der Waals surface area contributed by atoms with Crippen LogP contribution in [0.4, 0.5) is 14.9 Å². The lowest BCUT2D eigenvalue weighted by Crippen LogP contribution is -2.38. The number of anilines is 1. The van der Waals surface area contributed by atoms with Gasteiger partial charge in [0.1, 0.15) is 5.82 Å². The summed E-state index contributed by atoms with van der Waals surface area (Å²) in [5.41, 5.74) is -0.421. The van der Waals surface area contributed by atoms with Gasteiger partial charge in [0.15, 0.2) is 0 Å². The van der Waals surface area contributed by atoms with Crippen LogP contribution in [0.2, 0.25) is 5.02 Å². The van der Waals surface area contributed by atoms with E-state index < -0.39 is 17.2 Å². The van der Waals surface area contributed by atoms with Crippen molar-refractivity contribution in [2.45, 2.75) is 19.3 Å². The summed E-state index contributed by atoms with van der Waals surface area (Å²) >= 11 is 5.68. The van der Waals surface area contributed by atoms with Crippen LogP contribution >= 0.6 is 11.6 Å². The first-order valence-electron chi connectivity index (χ1n) is 7.17. The van der Waals surface area contributed by atoms with Crippen molar-refractivity contribution in [1.29, 1.82) is 0 Å². The summed E-state index contributed by atoms with van der Waals surface area (Å²) in [6, 6.07) is 3.55. The molecular weight excluding hydrogens is 311 g/mol. The van der Waals surface area contributed by atoms with Gasteiger partial charge in [0.05, 0.1) is 10.4 Å². The second kappa shape index (κ2) is 5.43. The van der Waals surface area contributed by atoms with E-state index in [9.17, 15) is 19.1 Å². The summed E-state index contributed by atoms with van der Waals surface area (Å²) in [5.74, 6) is -1.37. The molecule has 5 nitrogen and oxygen atoms in total. The number of likely N-dealkylation sites (tertiary alicyclic amines) is 1. The molecule has 1 saturated heterocycles. The monoisotopic (exact) mass is 326 g/mol. The van der Waals surface area contributed by atoms with E-state index in [-0.39, 0.29) is 23.5 Å². The van der Waals surface area contributed by atoms with Crippen molar-refractivity contribution in [3.8, 4) is 0 Å². The van der Waals surface area contributed by atoms with Gasteiger partial charge >= 0.3 is 12.0 Å². The summed E-state index contributed by atoms with van der Waals surface area (Å²) in [5, 5.41) is 12.1. The molecule has 1 aliphatic carbocycles. The molecule has 0 spiro atoms. The molecule has 2 atom stereocenters. The molecule has 1 aromatic rings. The van der Waals surface area contributed by atoms with Crippen LogP contribution in [0.25, 0.3) is 0 Å². The molecule has 0 aromatic heterocycles. The average molecular weight is 327 g/mol. The number of hydrogen-bond donors (Lipinski definition) is 2. The van der Waals surface area contributed by atoms with Crippen molar-refractivity contribution in [1.82, 2.24) is 4.90 Å². The van der Waals surface area contributed by atoms with Crippen LogP contribution in [0.3, 0.4) is 0 Å². The molecule has 0 bridgehead atoms. The third-order valence-corrected chi connectivity index (χ3v) is 5.04. The van der Waals surface area contributed by atoms with Crippen LogP contribution in [-0.4, -0.2) is 35.1 Å². The highest BCUT2D eigenvalue weighted by Crippen LogP contribution is 2.48. The SMILES string of the molecule is O=C(Nc1ccc(F)c(Cl)c1)N1C[C@@H]2CCC[C@@]2(C(=O)O)C1. The molecule has 3 rings (SSSR count). The van der Waals surface area contributed by atoms with Crippen molar-refractivity contribution in [3.63, 3.8) is 0 Å². The Morgan fingerprint density at radius 3 is 2.86 bits per heavy atom.